The highest BCUT2D eigenvalue weighted by Gasteiger charge is 2.25. The Bertz CT molecular complexity index is 884. The molecular weight excluding hydrogens is 306 g/mol. The number of nitrogens with two attached hydrogens (primary N) is 1. The summed E-state index contributed by atoms with van der Waals surface area (Å²) in [6.45, 7) is 5.76. The number of pyridine rings is 1. The van der Waals surface area contributed by atoms with Gasteiger partial charge in [-0.3, -0.25) is 0 Å². The Hall–Kier alpha value is -1.79. The van der Waals surface area contributed by atoms with Crippen molar-refractivity contribution in [2.24, 2.45) is 5.73 Å². The highest BCUT2D eigenvalue weighted by atomic mass is 32.1. The Balaban J connectivity index is 2.02. The van der Waals surface area contributed by atoms with E-state index in [1.807, 2.05) is 0 Å². The van der Waals surface area contributed by atoms with Crippen molar-refractivity contribution in [3.05, 3.63) is 23.1 Å². The minimum atomic E-state index is 0.456. The molecule has 120 valence electrons. The molecule has 1 aliphatic rings. The Labute approximate surface area is 139 Å². The number of anilines is 1. The van der Waals surface area contributed by atoms with E-state index in [2.05, 4.69) is 29.1 Å². The van der Waals surface area contributed by atoms with Gasteiger partial charge in [0.25, 0.3) is 0 Å². The molecule has 0 amide bonds. The molecule has 5 nitrogen and oxygen atoms in total. The van der Waals surface area contributed by atoms with Gasteiger partial charge in [-0.15, -0.1) is 11.3 Å². The van der Waals surface area contributed by atoms with Crippen molar-refractivity contribution in [2.75, 3.05) is 18.4 Å². The second-order valence-electron chi connectivity index (χ2n) is 6.36. The molecule has 3 aromatic heterocycles. The first-order valence-corrected chi connectivity index (χ1v) is 9.05. The van der Waals surface area contributed by atoms with Crippen LogP contribution in [0.5, 0.6) is 0 Å². The highest BCUT2D eigenvalue weighted by Crippen LogP contribution is 2.42. The monoisotopic (exact) mass is 327 g/mol. The van der Waals surface area contributed by atoms with E-state index in [1.54, 1.807) is 17.7 Å². The van der Waals surface area contributed by atoms with Crippen LogP contribution < -0.4 is 11.1 Å². The van der Waals surface area contributed by atoms with E-state index in [9.17, 15) is 0 Å². The molecule has 0 unspecified atom stereocenters. The maximum Gasteiger partial charge on any atom is 0.147 e. The smallest absolute Gasteiger partial charge is 0.147 e. The SMILES string of the molecule is CC(C)c1nc2sc3c(NCCN)ncnc3c2c2c1CCC2. The molecule has 0 fully saturated rings. The van der Waals surface area contributed by atoms with E-state index in [-0.39, 0.29) is 0 Å². The van der Waals surface area contributed by atoms with Gasteiger partial charge in [0.2, 0.25) is 0 Å². The molecule has 6 heteroatoms. The second kappa shape index (κ2) is 5.69. The molecule has 0 aromatic carbocycles. The van der Waals surface area contributed by atoms with Gasteiger partial charge in [-0.25, -0.2) is 15.0 Å². The molecule has 23 heavy (non-hydrogen) atoms. The van der Waals surface area contributed by atoms with Crippen molar-refractivity contribution in [2.45, 2.75) is 39.0 Å². The number of nitrogens with zero attached hydrogens (tertiary/aromatic N) is 3. The largest absolute Gasteiger partial charge is 0.368 e. The Morgan fingerprint density at radius 1 is 1.26 bits per heavy atom. The maximum absolute atomic E-state index is 5.61. The zero-order chi connectivity index (χ0) is 16.0. The molecule has 0 aliphatic heterocycles. The van der Waals surface area contributed by atoms with Crippen molar-refractivity contribution < 1.29 is 0 Å². The zero-order valence-electron chi connectivity index (χ0n) is 13.5. The van der Waals surface area contributed by atoms with Gasteiger partial charge in [0, 0.05) is 24.2 Å². The summed E-state index contributed by atoms with van der Waals surface area (Å²) >= 11 is 1.70. The molecule has 0 saturated carbocycles. The van der Waals surface area contributed by atoms with Crippen molar-refractivity contribution in [1.82, 2.24) is 15.0 Å². The predicted molar refractivity (Wildman–Crippen MR) is 96.4 cm³/mol. The summed E-state index contributed by atoms with van der Waals surface area (Å²) in [5, 5.41) is 4.56. The number of hydrogen-bond acceptors (Lipinski definition) is 6. The first-order chi connectivity index (χ1) is 11.2. The van der Waals surface area contributed by atoms with E-state index < -0.39 is 0 Å². The van der Waals surface area contributed by atoms with E-state index in [0.29, 0.717) is 19.0 Å². The number of thiophene rings is 1. The Morgan fingerprint density at radius 3 is 2.87 bits per heavy atom. The minimum absolute atomic E-state index is 0.456. The summed E-state index contributed by atoms with van der Waals surface area (Å²) in [4.78, 5) is 15.1. The molecule has 3 N–H and O–H groups in total. The fourth-order valence-corrected chi connectivity index (χ4v) is 4.65. The number of rotatable bonds is 4. The average molecular weight is 327 g/mol. The number of aromatic nitrogens is 3. The molecule has 1 aliphatic carbocycles. The topological polar surface area (TPSA) is 76.7 Å². The van der Waals surface area contributed by atoms with E-state index in [1.165, 1.54) is 28.6 Å². The van der Waals surface area contributed by atoms with Gasteiger partial charge in [-0.2, -0.15) is 0 Å². The van der Waals surface area contributed by atoms with Crippen LogP contribution in [-0.2, 0) is 12.8 Å². The third-order valence-electron chi connectivity index (χ3n) is 4.49. The molecule has 3 aromatic rings. The van der Waals surface area contributed by atoms with Crippen LogP contribution in [0.4, 0.5) is 5.82 Å². The van der Waals surface area contributed by atoms with Crippen LogP contribution in [0.2, 0.25) is 0 Å². The third kappa shape index (κ3) is 2.28. The van der Waals surface area contributed by atoms with Gasteiger partial charge in [-0.05, 0) is 36.3 Å². The van der Waals surface area contributed by atoms with Crippen LogP contribution in [0.25, 0.3) is 20.4 Å². The normalized spacial score (nSPS) is 14.1. The van der Waals surface area contributed by atoms with Crippen molar-refractivity contribution in [1.29, 1.82) is 0 Å². The lowest BCUT2D eigenvalue weighted by Gasteiger charge is -2.11. The lowest BCUT2D eigenvalue weighted by Crippen LogP contribution is -2.13. The van der Waals surface area contributed by atoms with Gasteiger partial charge in [-0.1, -0.05) is 13.8 Å². The number of fused-ring (bicyclic) bond motifs is 5. The third-order valence-corrected chi connectivity index (χ3v) is 5.57. The maximum atomic E-state index is 5.61. The molecule has 4 rings (SSSR count). The molecule has 0 radical (unpaired) electrons. The minimum Gasteiger partial charge on any atom is -0.368 e. The van der Waals surface area contributed by atoms with Crippen LogP contribution in [0, 0.1) is 0 Å². The number of hydrogen-bond donors (Lipinski definition) is 2. The molecule has 3 heterocycles. The van der Waals surface area contributed by atoms with Crippen LogP contribution in [0.3, 0.4) is 0 Å². The molecule has 0 atom stereocenters. The number of aryl methyl sites for hydroxylation is 1. The lowest BCUT2D eigenvalue weighted by molar-refractivity contribution is 0.805. The van der Waals surface area contributed by atoms with Gasteiger partial charge in [0.05, 0.1) is 10.2 Å². The molecule has 0 saturated heterocycles. The molecule has 0 spiro atoms. The standard InChI is InChI=1S/C17H21N5S/c1-9(2)13-11-5-3-4-10(11)12-14-15(23-17(12)22-13)16(19-7-6-18)21-8-20-14/h8-9H,3-7,18H2,1-2H3,(H,19,20,21). The van der Waals surface area contributed by atoms with E-state index >= 15 is 0 Å². The summed E-state index contributed by atoms with van der Waals surface area (Å²) in [5.74, 6) is 1.33. The summed E-state index contributed by atoms with van der Waals surface area (Å²) in [6, 6.07) is 0. The Morgan fingerprint density at radius 2 is 2.09 bits per heavy atom. The van der Waals surface area contributed by atoms with Crippen LogP contribution in [0.1, 0.15) is 43.0 Å². The lowest BCUT2D eigenvalue weighted by atomic mass is 9.99. The highest BCUT2D eigenvalue weighted by molar-refractivity contribution is 7.26. The first kappa shape index (κ1) is 14.8. The van der Waals surface area contributed by atoms with Gasteiger partial charge >= 0.3 is 0 Å². The van der Waals surface area contributed by atoms with Crippen LogP contribution in [-0.4, -0.2) is 28.0 Å². The fraction of sp³-hybridized carbons (Fsp3) is 0.471. The van der Waals surface area contributed by atoms with Crippen molar-refractivity contribution in [3.63, 3.8) is 0 Å². The second-order valence-corrected chi connectivity index (χ2v) is 7.36. The van der Waals surface area contributed by atoms with E-state index in [0.717, 1.165) is 33.7 Å². The Kier molecular flexibility index (Phi) is 3.66. The van der Waals surface area contributed by atoms with Gasteiger partial charge < -0.3 is 11.1 Å². The van der Waals surface area contributed by atoms with Crippen molar-refractivity contribution >= 4 is 37.6 Å². The van der Waals surface area contributed by atoms with Gasteiger partial charge in [0.15, 0.2) is 0 Å². The molecular formula is C17H21N5S. The van der Waals surface area contributed by atoms with E-state index in [4.69, 9.17) is 10.7 Å². The average Bonchev–Trinajstić information content (AvgIpc) is 3.15. The summed E-state index contributed by atoms with van der Waals surface area (Å²) in [5.41, 5.74) is 10.8. The zero-order valence-corrected chi connectivity index (χ0v) is 14.3. The predicted octanol–water partition coefficient (Wildman–Crippen LogP) is 3.22. The fourth-order valence-electron chi connectivity index (χ4n) is 3.52. The summed E-state index contributed by atoms with van der Waals surface area (Å²) in [6.07, 6.45) is 5.14. The van der Waals surface area contributed by atoms with Gasteiger partial charge in [0.1, 0.15) is 17.0 Å². The van der Waals surface area contributed by atoms with Crippen LogP contribution >= 0.6 is 11.3 Å². The molecule has 0 bridgehead atoms. The summed E-state index contributed by atoms with van der Waals surface area (Å²) < 4.78 is 1.10. The number of nitrogens with one attached hydrogen (secondary N) is 1. The van der Waals surface area contributed by atoms with Crippen LogP contribution in [0.15, 0.2) is 6.33 Å². The first-order valence-electron chi connectivity index (χ1n) is 8.23. The summed E-state index contributed by atoms with van der Waals surface area (Å²) in [7, 11) is 0. The quantitative estimate of drug-likeness (QED) is 0.769. The van der Waals surface area contributed by atoms with Crippen molar-refractivity contribution in [3.8, 4) is 0 Å².